The molecule has 0 bridgehead atoms. The molecule has 33 heavy (non-hydrogen) atoms. The van der Waals surface area contributed by atoms with Crippen LogP contribution in [-0.2, 0) is 19.9 Å². The van der Waals surface area contributed by atoms with Crippen LogP contribution in [-0.4, -0.2) is 54.6 Å². The van der Waals surface area contributed by atoms with Crippen molar-refractivity contribution in [1.82, 2.24) is 9.80 Å². The highest BCUT2D eigenvalue weighted by molar-refractivity contribution is 5.94. The Kier molecular flexibility index (Phi) is 4.63. The molecule has 4 unspecified atom stereocenters. The van der Waals surface area contributed by atoms with E-state index in [1.54, 1.807) is 6.92 Å². The molecule has 5 aliphatic rings. The molecular weight excluding hydrogens is 420 g/mol. The number of nitrogens with zero attached hydrogens (tertiary/aromatic N) is 2. The Balaban J connectivity index is 1.42. The molecule has 0 saturated carbocycles. The molecule has 0 radical (unpaired) electrons. The maximum Gasteiger partial charge on any atom is 0.264 e. The van der Waals surface area contributed by atoms with E-state index < -0.39 is 11.0 Å². The predicted molar refractivity (Wildman–Crippen MR) is 120 cm³/mol. The van der Waals surface area contributed by atoms with Gasteiger partial charge in [-0.1, -0.05) is 18.2 Å². The van der Waals surface area contributed by atoms with Crippen LogP contribution in [0.25, 0.3) is 0 Å². The van der Waals surface area contributed by atoms with Crippen molar-refractivity contribution in [3.63, 3.8) is 0 Å². The van der Waals surface area contributed by atoms with Gasteiger partial charge in [0.15, 0.2) is 17.1 Å². The lowest BCUT2D eigenvalue weighted by Crippen LogP contribution is -2.55. The maximum atomic E-state index is 14.4. The number of piperidine rings is 1. The Hall–Kier alpha value is -2.80. The summed E-state index contributed by atoms with van der Waals surface area (Å²) in [6, 6.07) is 5.76. The molecule has 3 fully saturated rings. The average molecular weight is 451 g/mol. The second-order valence-electron chi connectivity index (χ2n) is 10.0. The molecule has 1 aromatic rings. The largest absolute Gasteiger partial charge is 0.454 e. The van der Waals surface area contributed by atoms with E-state index in [0.717, 1.165) is 37.1 Å². The van der Waals surface area contributed by atoms with E-state index in [1.807, 2.05) is 28.0 Å². The van der Waals surface area contributed by atoms with Gasteiger partial charge in [0.05, 0.1) is 5.41 Å². The highest BCUT2D eigenvalue weighted by Crippen LogP contribution is 2.64. The Morgan fingerprint density at radius 3 is 2.91 bits per heavy atom. The highest BCUT2D eigenvalue weighted by Gasteiger charge is 2.70. The Morgan fingerprint density at radius 2 is 2.06 bits per heavy atom. The van der Waals surface area contributed by atoms with E-state index in [4.69, 9.17) is 14.2 Å². The van der Waals surface area contributed by atoms with Crippen molar-refractivity contribution in [1.29, 1.82) is 0 Å². The summed E-state index contributed by atoms with van der Waals surface area (Å²) >= 11 is 0. The zero-order valence-electron chi connectivity index (χ0n) is 19.2. The first-order chi connectivity index (χ1) is 15.9. The fraction of sp³-hybridized carbons (Fsp3) is 0.538. The first-order valence-electron chi connectivity index (χ1n) is 12.0. The minimum absolute atomic E-state index is 0.0107. The van der Waals surface area contributed by atoms with Gasteiger partial charge < -0.3 is 24.0 Å². The topological polar surface area (TPSA) is 68.3 Å². The number of carbonyl (C=O) groups excluding carboxylic acids is 2. The Morgan fingerprint density at radius 1 is 1.21 bits per heavy atom. The number of hydrogen-bond acceptors (Lipinski definition) is 5. The number of rotatable bonds is 3. The van der Waals surface area contributed by atoms with Gasteiger partial charge in [0.2, 0.25) is 12.7 Å². The molecule has 4 aliphatic heterocycles. The second-order valence-corrected chi connectivity index (χ2v) is 10.0. The van der Waals surface area contributed by atoms with E-state index in [-0.39, 0.29) is 30.4 Å². The number of carbonyl (C=O) groups is 2. The molecule has 3 saturated heterocycles. The van der Waals surface area contributed by atoms with Crippen LogP contribution in [0, 0.1) is 17.3 Å². The van der Waals surface area contributed by atoms with Crippen molar-refractivity contribution < 1.29 is 23.8 Å². The molecule has 7 nitrogen and oxygen atoms in total. The standard InChI is InChI=1S/C26H30N2O5/c1-17(29)27-11-4-5-18(14-27)15-28-23-7-3-6-19-10-12-33-26(24(28)30,25(19,23)2)20-8-9-21-22(13-20)32-16-31-21/h3,6-9,13,18-19H,4-5,10-12,14-16H2,1-2H3. The van der Waals surface area contributed by atoms with Gasteiger partial charge in [-0.3, -0.25) is 9.59 Å². The van der Waals surface area contributed by atoms with Gasteiger partial charge in [0.1, 0.15) is 0 Å². The van der Waals surface area contributed by atoms with Crippen LogP contribution >= 0.6 is 0 Å². The van der Waals surface area contributed by atoms with E-state index in [0.29, 0.717) is 31.2 Å². The van der Waals surface area contributed by atoms with Crippen molar-refractivity contribution in [3.8, 4) is 11.5 Å². The monoisotopic (exact) mass is 450 g/mol. The molecule has 2 amide bonds. The first-order valence-corrected chi connectivity index (χ1v) is 12.0. The molecule has 0 aromatic heterocycles. The van der Waals surface area contributed by atoms with Crippen molar-refractivity contribution in [2.24, 2.45) is 17.3 Å². The highest BCUT2D eigenvalue weighted by atomic mass is 16.7. The van der Waals surface area contributed by atoms with Crippen LogP contribution in [0.2, 0.25) is 0 Å². The lowest BCUT2D eigenvalue weighted by atomic mass is 9.59. The first kappa shape index (κ1) is 20.8. The molecule has 4 atom stereocenters. The Labute approximate surface area is 194 Å². The van der Waals surface area contributed by atoms with Crippen LogP contribution < -0.4 is 9.47 Å². The summed E-state index contributed by atoms with van der Waals surface area (Å²) < 4.78 is 17.7. The maximum absolute atomic E-state index is 14.4. The second kappa shape index (κ2) is 7.35. The molecule has 0 N–H and O–H groups in total. The normalized spacial score (nSPS) is 34.4. The Bertz CT molecular complexity index is 1080. The predicted octanol–water partition coefficient (Wildman–Crippen LogP) is 3.21. The molecule has 0 spiro atoms. The van der Waals surface area contributed by atoms with Gasteiger partial charge in [-0.05, 0) is 61.8 Å². The number of fused-ring (bicyclic) bond motifs is 1. The van der Waals surface area contributed by atoms with Gasteiger partial charge in [-0.2, -0.15) is 0 Å². The summed E-state index contributed by atoms with van der Waals surface area (Å²) in [6.07, 6.45) is 9.25. The van der Waals surface area contributed by atoms with Gasteiger partial charge in [0, 0.05) is 38.9 Å². The van der Waals surface area contributed by atoms with Crippen molar-refractivity contribution in [2.45, 2.75) is 38.7 Å². The van der Waals surface area contributed by atoms with Gasteiger partial charge in [-0.15, -0.1) is 0 Å². The third kappa shape index (κ3) is 2.78. The number of hydrogen-bond donors (Lipinski definition) is 0. The molecule has 7 heteroatoms. The van der Waals surface area contributed by atoms with Crippen molar-refractivity contribution in [3.05, 3.63) is 47.7 Å². The van der Waals surface area contributed by atoms with Gasteiger partial charge in [-0.25, -0.2) is 0 Å². The van der Waals surface area contributed by atoms with Crippen molar-refractivity contribution in [2.75, 3.05) is 33.0 Å². The number of amides is 2. The minimum atomic E-state index is -1.11. The van der Waals surface area contributed by atoms with E-state index in [9.17, 15) is 9.59 Å². The summed E-state index contributed by atoms with van der Waals surface area (Å²) in [7, 11) is 0. The van der Waals surface area contributed by atoms with E-state index in [1.165, 1.54) is 0 Å². The number of ether oxygens (including phenoxy) is 3. The van der Waals surface area contributed by atoms with E-state index in [2.05, 4.69) is 25.2 Å². The van der Waals surface area contributed by atoms with Gasteiger partial charge >= 0.3 is 0 Å². The fourth-order valence-corrected chi connectivity index (χ4v) is 6.67. The molecule has 1 aliphatic carbocycles. The summed E-state index contributed by atoms with van der Waals surface area (Å²) in [5, 5.41) is 0. The summed E-state index contributed by atoms with van der Waals surface area (Å²) in [5.74, 6) is 1.89. The van der Waals surface area contributed by atoms with Gasteiger partial charge in [0.25, 0.3) is 5.91 Å². The molecular formula is C26H30N2O5. The van der Waals surface area contributed by atoms with E-state index >= 15 is 0 Å². The molecule has 1 aromatic carbocycles. The lowest BCUT2D eigenvalue weighted by Gasteiger charge is -2.50. The quantitative estimate of drug-likeness (QED) is 0.708. The van der Waals surface area contributed by atoms with Crippen LogP contribution in [0.1, 0.15) is 38.7 Å². The molecule has 174 valence electrons. The lowest BCUT2D eigenvalue weighted by molar-refractivity contribution is -0.180. The zero-order chi connectivity index (χ0) is 22.8. The van der Waals surface area contributed by atoms with Crippen LogP contribution in [0.5, 0.6) is 11.5 Å². The summed E-state index contributed by atoms with van der Waals surface area (Å²) in [5.41, 5.74) is 0.223. The summed E-state index contributed by atoms with van der Waals surface area (Å²) in [4.78, 5) is 30.2. The number of allylic oxidation sites excluding steroid dienone is 3. The summed E-state index contributed by atoms with van der Waals surface area (Å²) in [6.45, 7) is 6.61. The molecule has 6 rings (SSSR count). The minimum Gasteiger partial charge on any atom is -0.454 e. The third-order valence-electron chi connectivity index (χ3n) is 8.37. The van der Waals surface area contributed by atoms with Crippen molar-refractivity contribution >= 4 is 11.8 Å². The number of benzene rings is 1. The van der Waals surface area contributed by atoms with Crippen LogP contribution in [0.4, 0.5) is 0 Å². The number of likely N-dealkylation sites (tertiary alicyclic amines) is 2. The zero-order valence-corrected chi connectivity index (χ0v) is 19.2. The third-order valence-corrected chi connectivity index (χ3v) is 8.37. The SMILES string of the molecule is CC(=O)N1CCCC(CN2C(=O)C3(c4ccc5c(c4)OCO5)OCCC4C=CC=C2C43C)C1. The van der Waals surface area contributed by atoms with Crippen LogP contribution in [0.3, 0.4) is 0 Å². The average Bonchev–Trinajstić information content (AvgIpc) is 3.35. The smallest absolute Gasteiger partial charge is 0.264 e. The fourth-order valence-electron chi connectivity index (χ4n) is 6.67. The molecule has 4 heterocycles. The van der Waals surface area contributed by atoms with Crippen LogP contribution in [0.15, 0.2) is 42.1 Å².